The fourth-order valence-corrected chi connectivity index (χ4v) is 3.14. The van der Waals surface area contributed by atoms with Gasteiger partial charge in [-0.15, -0.1) is 13.2 Å². The van der Waals surface area contributed by atoms with E-state index >= 15 is 0 Å². The van der Waals surface area contributed by atoms with Crippen LogP contribution in [0.25, 0.3) is 0 Å². The van der Waals surface area contributed by atoms with Crippen LogP contribution in [0.4, 0.5) is 27.6 Å². The molecule has 1 amide bonds. The van der Waals surface area contributed by atoms with Crippen LogP contribution in [-0.2, 0) is 0 Å². The second-order valence-corrected chi connectivity index (χ2v) is 7.11. The van der Waals surface area contributed by atoms with E-state index in [0.29, 0.717) is 11.4 Å². The number of ether oxygens (including phenoxy) is 3. The number of pyridine rings is 1. The number of hydrogen-bond donors (Lipinski definition) is 1. The van der Waals surface area contributed by atoms with E-state index in [1.165, 1.54) is 20.2 Å². The number of alkyl halides is 5. The first-order valence-electron chi connectivity index (χ1n) is 9.75. The molecule has 1 heterocycles. The number of nitrogens with zero attached hydrogens (tertiary/aromatic N) is 1. The van der Waals surface area contributed by atoms with Crippen LogP contribution in [0.2, 0.25) is 0 Å². The Hall–Kier alpha value is -3.89. The summed E-state index contributed by atoms with van der Waals surface area (Å²) in [5, 5.41) is 2.66. The van der Waals surface area contributed by atoms with Gasteiger partial charge in [0, 0.05) is 29.2 Å². The Morgan fingerprint density at radius 1 is 1.00 bits per heavy atom. The molecule has 0 spiro atoms. The minimum atomic E-state index is -4.92. The highest BCUT2D eigenvalue weighted by atomic mass is 19.4. The standard InChI is InChI=1S/C23H19F5N2O4/c1-12-8-14(21(24)25)10-19(20(12)22(31)30-15-6-7-29-13(2)9-15)33-17-5-4-16(11-18(17)32-3)34-23(26,27)28/h4-11,21H,1-3H3,(H,29,30,31). The van der Waals surface area contributed by atoms with E-state index in [1.807, 2.05) is 0 Å². The van der Waals surface area contributed by atoms with Gasteiger partial charge >= 0.3 is 6.36 Å². The van der Waals surface area contributed by atoms with E-state index in [9.17, 15) is 26.7 Å². The minimum absolute atomic E-state index is 0.0449. The van der Waals surface area contributed by atoms with Crippen LogP contribution in [0.1, 0.15) is 33.6 Å². The molecule has 0 bridgehead atoms. The number of nitrogens with one attached hydrogen (secondary N) is 1. The predicted molar refractivity (Wildman–Crippen MR) is 113 cm³/mol. The predicted octanol–water partition coefficient (Wildman–Crippen LogP) is 6.59. The van der Waals surface area contributed by atoms with Gasteiger partial charge < -0.3 is 19.5 Å². The maximum absolute atomic E-state index is 13.4. The van der Waals surface area contributed by atoms with Crippen LogP contribution in [0.5, 0.6) is 23.0 Å². The van der Waals surface area contributed by atoms with Gasteiger partial charge in [0.25, 0.3) is 12.3 Å². The zero-order chi connectivity index (χ0) is 25.0. The smallest absolute Gasteiger partial charge is 0.493 e. The summed E-state index contributed by atoms with van der Waals surface area (Å²) in [5.74, 6) is -1.73. The van der Waals surface area contributed by atoms with Crippen molar-refractivity contribution in [2.24, 2.45) is 0 Å². The minimum Gasteiger partial charge on any atom is -0.493 e. The summed E-state index contributed by atoms with van der Waals surface area (Å²) in [6.45, 7) is 3.19. The van der Waals surface area contributed by atoms with Crippen molar-refractivity contribution in [1.82, 2.24) is 4.98 Å². The van der Waals surface area contributed by atoms with Crippen molar-refractivity contribution in [2.45, 2.75) is 26.6 Å². The summed E-state index contributed by atoms with van der Waals surface area (Å²) >= 11 is 0. The largest absolute Gasteiger partial charge is 0.573 e. The summed E-state index contributed by atoms with van der Waals surface area (Å²) < 4.78 is 79.1. The van der Waals surface area contributed by atoms with Gasteiger partial charge in [-0.3, -0.25) is 9.78 Å². The van der Waals surface area contributed by atoms with E-state index in [1.54, 1.807) is 19.1 Å². The van der Waals surface area contributed by atoms with Gasteiger partial charge in [0.1, 0.15) is 11.5 Å². The zero-order valence-corrected chi connectivity index (χ0v) is 18.2. The van der Waals surface area contributed by atoms with E-state index in [-0.39, 0.29) is 28.4 Å². The Balaban J connectivity index is 2.02. The number of amides is 1. The van der Waals surface area contributed by atoms with Gasteiger partial charge in [-0.1, -0.05) is 0 Å². The molecular formula is C23H19F5N2O4. The van der Waals surface area contributed by atoms with Gasteiger partial charge in [-0.05, 0) is 55.8 Å². The second kappa shape index (κ2) is 9.94. The van der Waals surface area contributed by atoms with Crippen LogP contribution in [0, 0.1) is 13.8 Å². The van der Waals surface area contributed by atoms with Crippen LogP contribution < -0.4 is 19.5 Å². The third kappa shape index (κ3) is 6.12. The Morgan fingerprint density at radius 3 is 2.35 bits per heavy atom. The molecule has 0 unspecified atom stereocenters. The maximum Gasteiger partial charge on any atom is 0.573 e. The summed E-state index contributed by atoms with van der Waals surface area (Å²) in [6.07, 6.45) is -6.29. The van der Waals surface area contributed by atoms with Crippen molar-refractivity contribution >= 4 is 11.6 Å². The number of carbonyl (C=O) groups excluding carboxylic acids is 1. The molecule has 180 valence electrons. The quantitative estimate of drug-likeness (QED) is 0.385. The van der Waals surface area contributed by atoms with Crippen molar-refractivity contribution in [1.29, 1.82) is 0 Å². The monoisotopic (exact) mass is 482 g/mol. The van der Waals surface area contributed by atoms with Gasteiger partial charge in [-0.2, -0.15) is 0 Å². The number of anilines is 1. The number of hydrogen-bond acceptors (Lipinski definition) is 5. The highest BCUT2D eigenvalue weighted by Crippen LogP contribution is 2.39. The van der Waals surface area contributed by atoms with Crippen LogP contribution in [0.15, 0.2) is 48.7 Å². The molecule has 0 fully saturated rings. The first kappa shape index (κ1) is 24.7. The lowest BCUT2D eigenvalue weighted by Crippen LogP contribution is -2.17. The number of benzene rings is 2. The van der Waals surface area contributed by atoms with Gasteiger partial charge in [0.2, 0.25) is 0 Å². The summed E-state index contributed by atoms with van der Waals surface area (Å²) in [6, 6.07) is 8.31. The third-order valence-corrected chi connectivity index (χ3v) is 4.54. The second-order valence-electron chi connectivity index (χ2n) is 7.11. The lowest BCUT2D eigenvalue weighted by Gasteiger charge is -2.18. The average molecular weight is 482 g/mol. The number of aromatic nitrogens is 1. The molecule has 3 rings (SSSR count). The lowest BCUT2D eigenvalue weighted by atomic mass is 10.0. The number of methoxy groups -OCH3 is 1. The topological polar surface area (TPSA) is 69.7 Å². The van der Waals surface area contributed by atoms with Crippen molar-refractivity contribution in [3.05, 3.63) is 71.0 Å². The highest BCUT2D eigenvalue weighted by Gasteiger charge is 2.31. The van der Waals surface area contributed by atoms with E-state index in [0.717, 1.165) is 30.3 Å². The number of halogens is 5. The normalized spacial score (nSPS) is 11.3. The first-order valence-corrected chi connectivity index (χ1v) is 9.75. The van der Waals surface area contributed by atoms with Crippen LogP contribution >= 0.6 is 0 Å². The summed E-state index contributed by atoms with van der Waals surface area (Å²) in [7, 11) is 1.18. The maximum atomic E-state index is 13.4. The molecule has 0 saturated heterocycles. The Bertz CT molecular complexity index is 1200. The number of carbonyl (C=O) groups is 1. The molecule has 3 aromatic rings. The molecule has 1 aromatic heterocycles. The first-order chi connectivity index (χ1) is 16.0. The molecule has 0 radical (unpaired) electrons. The zero-order valence-electron chi connectivity index (χ0n) is 18.2. The van der Waals surface area contributed by atoms with Crippen LogP contribution in [0.3, 0.4) is 0 Å². The SMILES string of the molecule is COc1cc(OC(F)(F)F)ccc1Oc1cc(C(F)F)cc(C)c1C(=O)Nc1ccnc(C)c1. The fraction of sp³-hybridized carbons (Fsp3) is 0.217. The molecule has 2 aromatic carbocycles. The molecule has 0 atom stereocenters. The van der Waals surface area contributed by atoms with E-state index < -0.39 is 30.0 Å². The van der Waals surface area contributed by atoms with Crippen molar-refractivity contribution in [3.8, 4) is 23.0 Å². The van der Waals surface area contributed by atoms with Gasteiger partial charge in [0.15, 0.2) is 11.5 Å². The molecule has 6 nitrogen and oxygen atoms in total. The lowest BCUT2D eigenvalue weighted by molar-refractivity contribution is -0.274. The Labute approximate surface area is 191 Å². The van der Waals surface area contributed by atoms with Crippen molar-refractivity contribution in [2.75, 3.05) is 12.4 Å². The summed E-state index contributed by atoms with van der Waals surface area (Å²) in [4.78, 5) is 17.1. The van der Waals surface area contributed by atoms with E-state index in [4.69, 9.17) is 9.47 Å². The molecule has 0 aliphatic rings. The average Bonchev–Trinajstić information content (AvgIpc) is 2.73. The molecule has 0 saturated carbocycles. The Morgan fingerprint density at radius 2 is 1.74 bits per heavy atom. The third-order valence-electron chi connectivity index (χ3n) is 4.54. The van der Waals surface area contributed by atoms with Crippen LogP contribution in [-0.4, -0.2) is 24.4 Å². The molecule has 0 aliphatic heterocycles. The molecule has 11 heteroatoms. The number of aryl methyl sites for hydroxylation is 2. The Kier molecular flexibility index (Phi) is 7.23. The molecule has 0 aliphatic carbocycles. The fourth-order valence-electron chi connectivity index (χ4n) is 3.14. The van der Waals surface area contributed by atoms with Crippen molar-refractivity contribution < 1.29 is 41.0 Å². The summed E-state index contributed by atoms with van der Waals surface area (Å²) in [5.41, 5.74) is 0.820. The van der Waals surface area contributed by atoms with E-state index in [2.05, 4.69) is 15.0 Å². The molecular weight excluding hydrogens is 463 g/mol. The van der Waals surface area contributed by atoms with Gasteiger partial charge in [-0.25, -0.2) is 8.78 Å². The number of rotatable bonds is 7. The molecule has 1 N–H and O–H groups in total. The van der Waals surface area contributed by atoms with Gasteiger partial charge in [0.05, 0.1) is 12.7 Å². The van der Waals surface area contributed by atoms with Crippen molar-refractivity contribution in [3.63, 3.8) is 0 Å². The highest BCUT2D eigenvalue weighted by molar-refractivity contribution is 6.07. The molecule has 34 heavy (non-hydrogen) atoms.